The second-order valence-electron chi connectivity index (χ2n) is 7.76. The van der Waals surface area contributed by atoms with Gasteiger partial charge in [0.15, 0.2) is 0 Å². The Morgan fingerprint density at radius 2 is 1.90 bits per heavy atom. The van der Waals surface area contributed by atoms with E-state index in [2.05, 4.69) is 52.0 Å². The molecule has 0 amide bonds. The van der Waals surface area contributed by atoms with Crippen molar-refractivity contribution in [2.45, 2.75) is 71.8 Å². The molecule has 0 aromatic heterocycles. The van der Waals surface area contributed by atoms with E-state index in [0.29, 0.717) is 5.92 Å². The van der Waals surface area contributed by atoms with Crippen molar-refractivity contribution in [3.63, 3.8) is 0 Å². The van der Waals surface area contributed by atoms with Crippen LogP contribution in [0.3, 0.4) is 0 Å². The molecule has 2 atom stereocenters. The average molecular weight is 288 g/mol. The summed E-state index contributed by atoms with van der Waals surface area (Å²) in [5.74, 6) is 2.17. The number of hydrogen-bond acceptors (Lipinski definition) is 1. The summed E-state index contributed by atoms with van der Waals surface area (Å²) in [5, 5.41) is 11.2. The van der Waals surface area contributed by atoms with Gasteiger partial charge in [-0.3, -0.25) is 0 Å². The van der Waals surface area contributed by atoms with Crippen LogP contribution in [0.4, 0.5) is 0 Å². The summed E-state index contributed by atoms with van der Waals surface area (Å²) in [6.07, 6.45) is 6.50. The van der Waals surface area contributed by atoms with Crippen molar-refractivity contribution in [3.05, 3.63) is 35.4 Å². The van der Waals surface area contributed by atoms with Crippen LogP contribution in [0.15, 0.2) is 24.3 Å². The van der Waals surface area contributed by atoms with Crippen molar-refractivity contribution in [2.24, 2.45) is 17.8 Å². The Kier molecular flexibility index (Phi) is 5.48. The molecule has 0 bridgehead atoms. The largest absolute Gasteiger partial charge is 0.385 e. The standard InChI is InChI=1S/C20H32O/c1-15(2)13-17-7-5-9-19(14-17)20(21)11-6-8-18(10-12-20)16(3)4/h5,7,9,14-16,18,21H,6,8,10-13H2,1-4H3. The molecule has 0 spiro atoms. The Balaban J connectivity index is 2.15. The molecule has 1 N–H and O–H groups in total. The van der Waals surface area contributed by atoms with Gasteiger partial charge in [-0.25, -0.2) is 0 Å². The van der Waals surface area contributed by atoms with Crippen LogP contribution in [0.2, 0.25) is 0 Å². The van der Waals surface area contributed by atoms with Gasteiger partial charge in [-0.1, -0.05) is 58.4 Å². The van der Waals surface area contributed by atoms with Crippen LogP contribution in [0.1, 0.15) is 70.9 Å². The lowest BCUT2D eigenvalue weighted by Crippen LogP contribution is -2.25. The lowest BCUT2D eigenvalue weighted by molar-refractivity contribution is 0.0190. The molecule has 0 aliphatic heterocycles. The zero-order valence-electron chi connectivity index (χ0n) is 14.2. The van der Waals surface area contributed by atoms with Crippen LogP contribution in [-0.4, -0.2) is 5.11 Å². The number of benzene rings is 1. The Morgan fingerprint density at radius 1 is 1.14 bits per heavy atom. The third-order valence-corrected chi connectivity index (χ3v) is 5.15. The molecular weight excluding hydrogens is 256 g/mol. The maximum Gasteiger partial charge on any atom is 0.0896 e. The van der Waals surface area contributed by atoms with Gasteiger partial charge in [0.1, 0.15) is 0 Å². The molecule has 1 aliphatic carbocycles. The highest BCUT2D eigenvalue weighted by Gasteiger charge is 2.33. The SMILES string of the molecule is CC(C)Cc1cccc(C2(O)CCCC(C(C)C)CC2)c1. The lowest BCUT2D eigenvalue weighted by Gasteiger charge is -2.28. The Labute approximate surface area is 130 Å². The molecule has 0 radical (unpaired) electrons. The first-order chi connectivity index (χ1) is 9.90. The van der Waals surface area contributed by atoms with E-state index in [1.807, 2.05) is 0 Å². The number of rotatable bonds is 4. The number of aliphatic hydroxyl groups is 1. The fraction of sp³-hybridized carbons (Fsp3) is 0.700. The van der Waals surface area contributed by atoms with E-state index < -0.39 is 5.60 Å². The first kappa shape index (κ1) is 16.5. The second kappa shape index (κ2) is 6.96. The molecule has 1 aromatic rings. The molecule has 1 nitrogen and oxygen atoms in total. The maximum atomic E-state index is 11.2. The van der Waals surface area contributed by atoms with Gasteiger partial charge < -0.3 is 5.11 Å². The molecule has 0 saturated heterocycles. The smallest absolute Gasteiger partial charge is 0.0896 e. The van der Waals surface area contributed by atoms with Crippen LogP contribution in [-0.2, 0) is 12.0 Å². The van der Waals surface area contributed by atoms with E-state index >= 15 is 0 Å². The minimum Gasteiger partial charge on any atom is -0.385 e. The third-order valence-electron chi connectivity index (χ3n) is 5.15. The van der Waals surface area contributed by atoms with Gasteiger partial charge in [0, 0.05) is 0 Å². The van der Waals surface area contributed by atoms with Gasteiger partial charge in [0.05, 0.1) is 5.60 Å². The van der Waals surface area contributed by atoms with Crippen molar-refractivity contribution in [1.82, 2.24) is 0 Å². The van der Waals surface area contributed by atoms with Gasteiger partial charge >= 0.3 is 0 Å². The van der Waals surface area contributed by atoms with E-state index in [4.69, 9.17) is 0 Å². The van der Waals surface area contributed by atoms with Crippen LogP contribution < -0.4 is 0 Å². The molecular formula is C20H32O. The highest BCUT2D eigenvalue weighted by molar-refractivity contribution is 5.29. The molecule has 1 aromatic carbocycles. The molecule has 21 heavy (non-hydrogen) atoms. The highest BCUT2D eigenvalue weighted by atomic mass is 16.3. The lowest BCUT2D eigenvalue weighted by atomic mass is 9.83. The molecule has 0 heterocycles. The van der Waals surface area contributed by atoms with Crippen molar-refractivity contribution in [3.8, 4) is 0 Å². The molecule has 118 valence electrons. The van der Waals surface area contributed by atoms with E-state index in [-0.39, 0.29) is 0 Å². The van der Waals surface area contributed by atoms with Crippen molar-refractivity contribution < 1.29 is 5.11 Å². The Morgan fingerprint density at radius 3 is 2.57 bits per heavy atom. The molecule has 2 rings (SSSR count). The first-order valence-electron chi connectivity index (χ1n) is 8.72. The van der Waals surface area contributed by atoms with Crippen LogP contribution in [0, 0.1) is 17.8 Å². The molecule has 1 heteroatoms. The Hall–Kier alpha value is -0.820. The zero-order valence-corrected chi connectivity index (χ0v) is 14.2. The second-order valence-corrected chi connectivity index (χ2v) is 7.76. The normalized spacial score (nSPS) is 27.1. The van der Waals surface area contributed by atoms with Crippen LogP contribution in [0.25, 0.3) is 0 Å². The predicted molar refractivity (Wildman–Crippen MR) is 90.3 cm³/mol. The van der Waals surface area contributed by atoms with E-state index in [0.717, 1.165) is 49.5 Å². The molecule has 2 unspecified atom stereocenters. The molecule has 1 fully saturated rings. The summed E-state index contributed by atoms with van der Waals surface area (Å²) >= 11 is 0. The molecule has 1 aliphatic rings. The van der Waals surface area contributed by atoms with Crippen LogP contribution >= 0.6 is 0 Å². The summed E-state index contributed by atoms with van der Waals surface area (Å²) in [7, 11) is 0. The van der Waals surface area contributed by atoms with Crippen LogP contribution in [0.5, 0.6) is 0 Å². The predicted octanol–water partition coefficient (Wildman–Crippen LogP) is 5.31. The summed E-state index contributed by atoms with van der Waals surface area (Å²) < 4.78 is 0. The van der Waals surface area contributed by atoms with Crippen molar-refractivity contribution in [2.75, 3.05) is 0 Å². The van der Waals surface area contributed by atoms with Gasteiger partial charge in [-0.15, -0.1) is 0 Å². The van der Waals surface area contributed by atoms with Gasteiger partial charge in [0.25, 0.3) is 0 Å². The first-order valence-corrected chi connectivity index (χ1v) is 8.72. The zero-order chi connectivity index (χ0) is 15.5. The van der Waals surface area contributed by atoms with Gasteiger partial charge in [-0.05, 0) is 61.0 Å². The number of hydrogen-bond donors (Lipinski definition) is 1. The summed E-state index contributed by atoms with van der Waals surface area (Å²) in [5.41, 5.74) is 1.90. The topological polar surface area (TPSA) is 20.2 Å². The maximum absolute atomic E-state index is 11.2. The minimum atomic E-state index is -0.601. The van der Waals surface area contributed by atoms with E-state index in [9.17, 15) is 5.11 Å². The highest BCUT2D eigenvalue weighted by Crippen LogP contribution is 2.40. The van der Waals surface area contributed by atoms with E-state index in [1.54, 1.807) is 0 Å². The van der Waals surface area contributed by atoms with Gasteiger partial charge in [-0.2, -0.15) is 0 Å². The monoisotopic (exact) mass is 288 g/mol. The third kappa shape index (κ3) is 4.32. The summed E-state index contributed by atoms with van der Waals surface area (Å²) in [6, 6.07) is 8.69. The fourth-order valence-corrected chi connectivity index (χ4v) is 3.76. The van der Waals surface area contributed by atoms with E-state index in [1.165, 1.54) is 12.0 Å². The fourth-order valence-electron chi connectivity index (χ4n) is 3.76. The minimum absolute atomic E-state index is 0.601. The summed E-state index contributed by atoms with van der Waals surface area (Å²) in [4.78, 5) is 0. The average Bonchev–Trinajstić information content (AvgIpc) is 2.61. The quantitative estimate of drug-likeness (QED) is 0.744. The Bertz CT molecular complexity index is 449. The van der Waals surface area contributed by atoms with Gasteiger partial charge in [0.2, 0.25) is 0 Å². The van der Waals surface area contributed by atoms with Crippen molar-refractivity contribution >= 4 is 0 Å². The van der Waals surface area contributed by atoms with Crippen molar-refractivity contribution in [1.29, 1.82) is 0 Å². The molecule has 1 saturated carbocycles. The summed E-state index contributed by atoms with van der Waals surface area (Å²) in [6.45, 7) is 9.14.